The van der Waals surface area contributed by atoms with Gasteiger partial charge in [0.2, 0.25) is 0 Å². The summed E-state index contributed by atoms with van der Waals surface area (Å²) in [7, 11) is 3.12. The van der Waals surface area contributed by atoms with Crippen LogP contribution in [0.25, 0.3) is 0 Å². The van der Waals surface area contributed by atoms with Gasteiger partial charge in [-0.05, 0) is 13.0 Å². The van der Waals surface area contributed by atoms with Crippen LogP contribution in [0.5, 0.6) is 11.5 Å². The Morgan fingerprint density at radius 1 is 1.33 bits per heavy atom. The van der Waals surface area contributed by atoms with Gasteiger partial charge in [-0.3, -0.25) is 0 Å². The van der Waals surface area contributed by atoms with Crippen LogP contribution in [0.3, 0.4) is 0 Å². The second-order valence-corrected chi connectivity index (χ2v) is 3.45. The summed E-state index contributed by atoms with van der Waals surface area (Å²) in [6.45, 7) is 1.85. The van der Waals surface area contributed by atoms with Crippen LogP contribution < -0.4 is 9.47 Å². The summed E-state index contributed by atoms with van der Waals surface area (Å²) in [5.41, 5.74) is 1.60. The van der Waals surface area contributed by atoms with Crippen LogP contribution in [0.2, 0.25) is 5.02 Å². The van der Waals surface area contributed by atoms with Crippen molar-refractivity contribution in [3.8, 4) is 17.6 Å². The average molecular weight is 226 g/mol. The van der Waals surface area contributed by atoms with E-state index in [2.05, 4.69) is 6.07 Å². The molecule has 0 spiro atoms. The number of nitrogens with zero attached hydrogens (tertiary/aromatic N) is 1. The number of ether oxygens (including phenoxy) is 2. The lowest BCUT2D eigenvalue weighted by Crippen LogP contribution is -1.98. The molecular weight excluding hydrogens is 214 g/mol. The molecule has 0 saturated carbocycles. The van der Waals surface area contributed by atoms with Crippen molar-refractivity contribution < 1.29 is 9.47 Å². The summed E-state index contributed by atoms with van der Waals surface area (Å²) in [5.74, 6) is 1.26. The Bertz CT molecular complexity index is 410. The number of benzene rings is 1. The van der Waals surface area contributed by atoms with Crippen molar-refractivity contribution in [1.29, 1.82) is 5.26 Å². The minimum atomic E-state index is 0.272. The molecule has 0 unspecified atom stereocenters. The maximum Gasteiger partial charge on any atom is 0.144 e. The SMILES string of the molecule is COc1c(Cl)cc(CC#N)c(OC)c1C. The van der Waals surface area contributed by atoms with Crippen LogP contribution in [-0.4, -0.2) is 14.2 Å². The lowest BCUT2D eigenvalue weighted by Gasteiger charge is -2.14. The zero-order valence-corrected chi connectivity index (χ0v) is 9.68. The highest BCUT2D eigenvalue weighted by atomic mass is 35.5. The van der Waals surface area contributed by atoms with E-state index in [9.17, 15) is 0 Å². The van der Waals surface area contributed by atoms with E-state index < -0.39 is 0 Å². The van der Waals surface area contributed by atoms with Crippen molar-refractivity contribution in [3.05, 3.63) is 22.2 Å². The zero-order chi connectivity index (χ0) is 11.4. The number of nitriles is 1. The molecule has 0 aromatic heterocycles. The summed E-state index contributed by atoms with van der Waals surface area (Å²) in [6, 6.07) is 3.77. The Kier molecular flexibility index (Phi) is 3.81. The highest BCUT2D eigenvalue weighted by Gasteiger charge is 2.14. The van der Waals surface area contributed by atoms with Crippen molar-refractivity contribution in [1.82, 2.24) is 0 Å². The molecule has 1 rings (SSSR count). The number of hydrogen-bond acceptors (Lipinski definition) is 3. The first kappa shape index (κ1) is 11.7. The maximum atomic E-state index is 8.67. The van der Waals surface area contributed by atoms with Crippen molar-refractivity contribution in [3.63, 3.8) is 0 Å². The molecule has 0 saturated heterocycles. The predicted molar refractivity (Wildman–Crippen MR) is 58.6 cm³/mol. The quantitative estimate of drug-likeness (QED) is 0.794. The Morgan fingerprint density at radius 2 is 1.93 bits per heavy atom. The molecule has 3 nitrogen and oxygen atoms in total. The fraction of sp³-hybridized carbons (Fsp3) is 0.364. The molecule has 0 heterocycles. The summed E-state index contributed by atoms with van der Waals surface area (Å²) in [4.78, 5) is 0. The Balaban J connectivity index is 3.38. The molecule has 0 aliphatic carbocycles. The van der Waals surface area contributed by atoms with Crippen LogP contribution in [0.15, 0.2) is 6.07 Å². The van der Waals surface area contributed by atoms with Gasteiger partial charge in [-0.1, -0.05) is 11.6 Å². The third kappa shape index (κ3) is 2.16. The lowest BCUT2D eigenvalue weighted by molar-refractivity contribution is 0.386. The summed E-state index contributed by atoms with van der Waals surface area (Å²) in [5, 5.41) is 9.17. The Labute approximate surface area is 94.2 Å². The fourth-order valence-corrected chi connectivity index (χ4v) is 1.91. The van der Waals surface area contributed by atoms with Gasteiger partial charge >= 0.3 is 0 Å². The second-order valence-electron chi connectivity index (χ2n) is 3.04. The van der Waals surface area contributed by atoms with Gasteiger partial charge in [-0.15, -0.1) is 0 Å². The molecule has 0 amide bonds. The number of methoxy groups -OCH3 is 2. The number of halogens is 1. The standard InChI is InChI=1S/C11H12ClNO2/c1-7-10(14-2)8(4-5-13)6-9(12)11(7)15-3/h6H,4H2,1-3H3. The highest BCUT2D eigenvalue weighted by molar-refractivity contribution is 6.32. The second kappa shape index (κ2) is 4.90. The molecule has 0 atom stereocenters. The Hall–Kier alpha value is -1.40. The van der Waals surface area contributed by atoms with Gasteiger partial charge in [0.25, 0.3) is 0 Å². The van der Waals surface area contributed by atoms with Crippen LogP contribution in [0.1, 0.15) is 11.1 Å². The summed E-state index contributed by atoms with van der Waals surface area (Å²) >= 11 is 6.01. The van der Waals surface area contributed by atoms with E-state index in [1.807, 2.05) is 6.92 Å². The van der Waals surface area contributed by atoms with E-state index in [-0.39, 0.29) is 6.42 Å². The van der Waals surface area contributed by atoms with Gasteiger partial charge in [0.05, 0.1) is 31.7 Å². The molecule has 1 aromatic rings. The van der Waals surface area contributed by atoms with Crippen molar-refractivity contribution in [2.45, 2.75) is 13.3 Å². The van der Waals surface area contributed by atoms with E-state index in [4.69, 9.17) is 26.3 Å². The molecule has 80 valence electrons. The van der Waals surface area contributed by atoms with Crippen LogP contribution in [0, 0.1) is 18.3 Å². The highest BCUT2D eigenvalue weighted by Crippen LogP contribution is 2.37. The molecular formula is C11H12ClNO2. The zero-order valence-electron chi connectivity index (χ0n) is 8.93. The van der Waals surface area contributed by atoms with E-state index in [1.165, 1.54) is 0 Å². The van der Waals surface area contributed by atoms with E-state index in [0.29, 0.717) is 16.5 Å². The Morgan fingerprint density at radius 3 is 2.40 bits per heavy atom. The van der Waals surface area contributed by atoms with Crippen LogP contribution in [0.4, 0.5) is 0 Å². The molecule has 0 aliphatic heterocycles. The maximum absolute atomic E-state index is 8.67. The molecule has 0 bridgehead atoms. The first-order chi connectivity index (χ1) is 7.15. The molecule has 0 N–H and O–H groups in total. The minimum absolute atomic E-state index is 0.272. The van der Waals surface area contributed by atoms with Gasteiger partial charge in [-0.2, -0.15) is 5.26 Å². The van der Waals surface area contributed by atoms with Gasteiger partial charge in [0, 0.05) is 11.1 Å². The number of hydrogen-bond donors (Lipinski definition) is 0. The van der Waals surface area contributed by atoms with Gasteiger partial charge in [-0.25, -0.2) is 0 Å². The van der Waals surface area contributed by atoms with Crippen LogP contribution >= 0.6 is 11.6 Å². The molecule has 1 aromatic carbocycles. The van der Waals surface area contributed by atoms with Gasteiger partial charge < -0.3 is 9.47 Å². The van der Waals surface area contributed by atoms with Crippen molar-refractivity contribution >= 4 is 11.6 Å². The van der Waals surface area contributed by atoms with Crippen molar-refractivity contribution in [2.75, 3.05) is 14.2 Å². The smallest absolute Gasteiger partial charge is 0.144 e. The van der Waals surface area contributed by atoms with E-state index >= 15 is 0 Å². The normalized spacial score (nSPS) is 9.53. The van der Waals surface area contributed by atoms with Crippen molar-refractivity contribution in [2.24, 2.45) is 0 Å². The molecule has 0 fully saturated rings. The van der Waals surface area contributed by atoms with E-state index in [1.54, 1.807) is 20.3 Å². The summed E-state index contributed by atoms with van der Waals surface area (Å²) < 4.78 is 10.4. The number of rotatable bonds is 3. The van der Waals surface area contributed by atoms with Crippen LogP contribution in [-0.2, 0) is 6.42 Å². The third-order valence-electron chi connectivity index (χ3n) is 2.17. The predicted octanol–water partition coefficient (Wildman–Crippen LogP) is 2.73. The molecule has 0 radical (unpaired) electrons. The average Bonchev–Trinajstić information content (AvgIpc) is 2.19. The minimum Gasteiger partial charge on any atom is -0.496 e. The topological polar surface area (TPSA) is 42.2 Å². The molecule has 15 heavy (non-hydrogen) atoms. The first-order valence-electron chi connectivity index (χ1n) is 4.42. The monoisotopic (exact) mass is 225 g/mol. The van der Waals surface area contributed by atoms with Gasteiger partial charge in [0.1, 0.15) is 11.5 Å². The van der Waals surface area contributed by atoms with E-state index in [0.717, 1.165) is 11.1 Å². The molecule has 4 heteroatoms. The fourth-order valence-electron chi connectivity index (χ4n) is 1.56. The largest absolute Gasteiger partial charge is 0.496 e. The van der Waals surface area contributed by atoms with Gasteiger partial charge in [0.15, 0.2) is 0 Å². The lowest BCUT2D eigenvalue weighted by atomic mass is 10.1. The summed E-state index contributed by atoms with van der Waals surface area (Å²) in [6.07, 6.45) is 0.272. The third-order valence-corrected chi connectivity index (χ3v) is 2.45. The molecule has 0 aliphatic rings. The first-order valence-corrected chi connectivity index (χ1v) is 4.80.